The van der Waals surface area contributed by atoms with Gasteiger partial charge in [-0.3, -0.25) is 0 Å². The van der Waals surface area contributed by atoms with Crippen molar-refractivity contribution in [3.63, 3.8) is 0 Å². The second kappa shape index (κ2) is 6.38. The van der Waals surface area contributed by atoms with Gasteiger partial charge < -0.3 is 14.8 Å². The van der Waals surface area contributed by atoms with Crippen LogP contribution in [0.4, 0.5) is 10.5 Å². The molecule has 1 aromatic rings. The topological polar surface area (TPSA) is 43.4 Å². The van der Waals surface area contributed by atoms with Crippen molar-refractivity contribution in [2.45, 2.75) is 26.2 Å². The minimum atomic E-state index is -1.18. The lowest BCUT2D eigenvalue weighted by atomic mass is 10.2. The molecule has 0 N–H and O–H groups in total. The van der Waals surface area contributed by atoms with Crippen LogP contribution in [0.25, 0.3) is 0 Å². The predicted molar refractivity (Wildman–Crippen MR) is 63.7 cm³/mol. The van der Waals surface area contributed by atoms with Crippen molar-refractivity contribution in [3.8, 4) is 0 Å². The van der Waals surface area contributed by atoms with Crippen LogP contribution in [0.1, 0.15) is 26.2 Å². The highest BCUT2D eigenvalue weighted by atomic mass is 35.5. The summed E-state index contributed by atoms with van der Waals surface area (Å²) in [6.07, 6.45) is 1.70. The fraction of sp³-hybridized carbons (Fsp3) is 0.417. The van der Waals surface area contributed by atoms with Crippen LogP contribution < -0.4 is 10.0 Å². The van der Waals surface area contributed by atoms with Crippen molar-refractivity contribution in [2.75, 3.05) is 11.4 Å². The van der Waals surface area contributed by atoms with Crippen LogP contribution in [0, 0.1) is 0 Å². The van der Waals surface area contributed by atoms with E-state index in [0.717, 1.165) is 19.3 Å². The number of halogens is 1. The Morgan fingerprint density at radius 1 is 1.44 bits per heavy atom. The van der Waals surface area contributed by atoms with Gasteiger partial charge in [0.25, 0.3) is 0 Å². The van der Waals surface area contributed by atoms with E-state index in [9.17, 15) is 9.90 Å². The SMILES string of the molecule is CCCCCN(C(=O)[O-])c1cccc(Cl)c1. The maximum atomic E-state index is 11.0. The molecule has 3 nitrogen and oxygen atoms in total. The summed E-state index contributed by atoms with van der Waals surface area (Å²) in [5.74, 6) is 0. The molecule has 16 heavy (non-hydrogen) atoms. The van der Waals surface area contributed by atoms with Crippen molar-refractivity contribution in [3.05, 3.63) is 29.3 Å². The van der Waals surface area contributed by atoms with Gasteiger partial charge in [0.1, 0.15) is 6.09 Å². The summed E-state index contributed by atoms with van der Waals surface area (Å²) < 4.78 is 0. The van der Waals surface area contributed by atoms with E-state index >= 15 is 0 Å². The lowest BCUT2D eigenvalue weighted by Gasteiger charge is -2.25. The third-order valence-corrected chi connectivity index (χ3v) is 2.56. The van der Waals surface area contributed by atoms with E-state index in [0.29, 0.717) is 17.3 Å². The Kier molecular flexibility index (Phi) is 5.12. The number of carbonyl (C=O) groups excluding carboxylic acids is 1. The van der Waals surface area contributed by atoms with Crippen molar-refractivity contribution < 1.29 is 9.90 Å². The summed E-state index contributed by atoms with van der Waals surface area (Å²) in [5.41, 5.74) is 0.573. The van der Waals surface area contributed by atoms with Gasteiger partial charge in [-0.1, -0.05) is 37.4 Å². The number of benzene rings is 1. The van der Waals surface area contributed by atoms with E-state index in [2.05, 4.69) is 6.92 Å². The summed E-state index contributed by atoms with van der Waals surface area (Å²) in [7, 11) is 0. The molecule has 0 aromatic heterocycles. The largest absolute Gasteiger partial charge is 0.530 e. The Labute approximate surface area is 101 Å². The second-order valence-electron chi connectivity index (χ2n) is 3.60. The maximum absolute atomic E-state index is 11.0. The summed E-state index contributed by atoms with van der Waals surface area (Å²) >= 11 is 5.81. The van der Waals surface area contributed by atoms with Crippen LogP contribution in [0.15, 0.2) is 24.3 Å². The van der Waals surface area contributed by atoms with Crippen LogP contribution in [-0.4, -0.2) is 12.6 Å². The quantitative estimate of drug-likeness (QED) is 0.743. The Morgan fingerprint density at radius 2 is 2.19 bits per heavy atom. The average Bonchev–Trinajstić information content (AvgIpc) is 2.24. The molecule has 0 heterocycles. The highest BCUT2D eigenvalue weighted by molar-refractivity contribution is 6.30. The molecule has 0 fully saturated rings. The molecule has 0 saturated carbocycles. The summed E-state index contributed by atoms with van der Waals surface area (Å²) in [6, 6.07) is 6.79. The third kappa shape index (κ3) is 3.74. The van der Waals surface area contributed by atoms with Crippen molar-refractivity contribution >= 4 is 23.4 Å². The van der Waals surface area contributed by atoms with Crippen LogP contribution in [0.5, 0.6) is 0 Å². The van der Waals surface area contributed by atoms with Gasteiger partial charge in [-0.15, -0.1) is 0 Å². The molecule has 0 aliphatic rings. The summed E-state index contributed by atoms with van der Waals surface area (Å²) in [6.45, 7) is 2.53. The molecule has 0 unspecified atom stereocenters. The number of nitrogens with zero attached hydrogens (tertiary/aromatic N) is 1. The van der Waals surface area contributed by atoms with Gasteiger partial charge in [-0.2, -0.15) is 0 Å². The van der Waals surface area contributed by atoms with E-state index in [4.69, 9.17) is 11.6 Å². The monoisotopic (exact) mass is 240 g/mol. The minimum absolute atomic E-state index is 0.455. The summed E-state index contributed by atoms with van der Waals surface area (Å²) in [5, 5.41) is 11.5. The first-order chi connectivity index (χ1) is 7.65. The maximum Gasteiger partial charge on any atom is 0.141 e. The first-order valence-corrected chi connectivity index (χ1v) is 5.77. The summed E-state index contributed by atoms with van der Waals surface area (Å²) in [4.78, 5) is 12.2. The van der Waals surface area contributed by atoms with E-state index in [-0.39, 0.29) is 0 Å². The zero-order chi connectivity index (χ0) is 12.0. The highest BCUT2D eigenvalue weighted by Crippen LogP contribution is 2.19. The number of amides is 1. The highest BCUT2D eigenvalue weighted by Gasteiger charge is 2.07. The van der Waals surface area contributed by atoms with Crippen molar-refractivity contribution in [1.29, 1.82) is 0 Å². The van der Waals surface area contributed by atoms with Gasteiger partial charge in [-0.25, -0.2) is 0 Å². The molecule has 0 bridgehead atoms. The fourth-order valence-electron chi connectivity index (χ4n) is 1.49. The molecule has 4 heteroatoms. The van der Waals surface area contributed by atoms with Gasteiger partial charge in [0.2, 0.25) is 0 Å². The van der Waals surface area contributed by atoms with Gasteiger partial charge in [-0.05, 0) is 24.6 Å². The van der Waals surface area contributed by atoms with E-state index in [1.807, 2.05) is 0 Å². The molecule has 1 amide bonds. The number of carboxylic acid groups (broad SMARTS) is 1. The zero-order valence-corrected chi connectivity index (χ0v) is 10.0. The van der Waals surface area contributed by atoms with E-state index < -0.39 is 6.09 Å². The molecule has 0 atom stereocenters. The molecular weight excluding hydrogens is 226 g/mol. The molecule has 0 saturated heterocycles. The number of hydrogen-bond donors (Lipinski definition) is 0. The number of anilines is 1. The Balaban J connectivity index is 2.73. The molecule has 1 aromatic carbocycles. The van der Waals surface area contributed by atoms with Gasteiger partial charge in [0.15, 0.2) is 0 Å². The third-order valence-electron chi connectivity index (χ3n) is 2.33. The van der Waals surface area contributed by atoms with Crippen LogP contribution in [0.3, 0.4) is 0 Å². The molecule has 0 spiro atoms. The molecule has 0 radical (unpaired) electrons. The lowest BCUT2D eigenvalue weighted by Crippen LogP contribution is -2.41. The van der Waals surface area contributed by atoms with Gasteiger partial charge in [0.05, 0.1) is 0 Å². The standard InChI is InChI=1S/C12H16ClNO2/c1-2-3-4-8-14(12(15)16)11-7-5-6-10(13)9-11/h5-7,9H,2-4,8H2,1H3,(H,15,16)/p-1. The smallest absolute Gasteiger partial charge is 0.141 e. The second-order valence-corrected chi connectivity index (χ2v) is 4.04. The number of unbranched alkanes of at least 4 members (excludes halogenated alkanes) is 2. The molecular formula is C12H15ClNO2-. The van der Waals surface area contributed by atoms with E-state index in [1.165, 1.54) is 4.90 Å². The number of carbonyl (C=O) groups is 1. The Hall–Kier alpha value is -1.22. The normalized spacial score (nSPS) is 10.1. The molecule has 0 aliphatic carbocycles. The first kappa shape index (κ1) is 12.8. The van der Waals surface area contributed by atoms with Crippen molar-refractivity contribution in [2.24, 2.45) is 0 Å². The predicted octanol–water partition coefficient (Wildman–Crippen LogP) is 2.68. The van der Waals surface area contributed by atoms with Crippen LogP contribution >= 0.6 is 11.6 Å². The molecule has 88 valence electrons. The Bertz CT molecular complexity index is 355. The van der Waals surface area contributed by atoms with E-state index in [1.54, 1.807) is 24.3 Å². The molecule has 1 rings (SSSR count). The zero-order valence-electron chi connectivity index (χ0n) is 9.28. The van der Waals surface area contributed by atoms with Crippen LogP contribution in [-0.2, 0) is 0 Å². The minimum Gasteiger partial charge on any atom is -0.530 e. The van der Waals surface area contributed by atoms with Crippen LogP contribution in [0.2, 0.25) is 5.02 Å². The molecule has 0 aliphatic heterocycles. The lowest BCUT2D eigenvalue weighted by molar-refractivity contribution is -0.246. The number of hydrogen-bond acceptors (Lipinski definition) is 2. The Morgan fingerprint density at radius 3 is 2.75 bits per heavy atom. The fourth-order valence-corrected chi connectivity index (χ4v) is 1.67. The van der Waals surface area contributed by atoms with Gasteiger partial charge in [0, 0.05) is 17.3 Å². The average molecular weight is 241 g/mol. The number of rotatable bonds is 5. The van der Waals surface area contributed by atoms with Gasteiger partial charge >= 0.3 is 0 Å². The van der Waals surface area contributed by atoms with Crippen molar-refractivity contribution in [1.82, 2.24) is 0 Å². The first-order valence-electron chi connectivity index (χ1n) is 5.39.